The lowest BCUT2D eigenvalue weighted by atomic mass is 10.1. The molecule has 29 heavy (non-hydrogen) atoms. The highest BCUT2D eigenvalue weighted by Crippen LogP contribution is 2.31. The molecular weight excluding hydrogens is 386 g/mol. The van der Waals surface area contributed by atoms with Crippen LogP contribution in [-0.4, -0.2) is 26.2 Å². The van der Waals surface area contributed by atoms with E-state index in [4.69, 9.17) is 0 Å². The summed E-state index contributed by atoms with van der Waals surface area (Å²) in [5.74, 6) is 0.0971. The van der Waals surface area contributed by atoms with Crippen LogP contribution in [0.15, 0.2) is 58.4 Å². The summed E-state index contributed by atoms with van der Waals surface area (Å²) in [4.78, 5) is 17.8. The number of nitrogens with one attached hydrogen (secondary N) is 2. The van der Waals surface area contributed by atoms with Gasteiger partial charge in [0, 0.05) is 5.56 Å². The van der Waals surface area contributed by atoms with Crippen LogP contribution in [-0.2, 0) is 21.2 Å². The van der Waals surface area contributed by atoms with E-state index in [1.807, 2.05) is 12.1 Å². The zero-order chi connectivity index (χ0) is 20.4. The molecule has 1 amide bonds. The molecule has 0 bridgehead atoms. The van der Waals surface area contributed by atoms with Crippen molar-refractivity contribution in [1.29, 1.82) is 0 Å². The highest BCUT2D eigenvalue weighted by molar-refractivity contribution is 7.90. The van der Waals surface area contributed by atoms with Gasteiger partial charge in [-0.2, -0.15) is 0 Å². The molecule has 2 N–H and O–H groups in total. The van der Waals surface area contributed by atoms with Gasteiger partial charge in [0.15, 0.2) is 0 Å². The lowest BCUT2D eigenvalue weighted by Crippen LogP contribution is -2.37. The third kappa shape index (κ3) is 3.92. The molecule has 6 nitrogen and oxygen atoms in total. The van der Waals surface area contributed by atoms with Gasteiger partial charge in [-0.05, 0) is 42.5 Å². The molecule has 0 radical (unpaired) electrons. The van der Waals surface area contributed by atoms with Gasteiger partial charge in [-0.25, -0.2) is 8.42 Å². The number of sulfonamides is 1. The Balaban J connectivity index is 1.59. The van der Waals surface area contributed by atoms with Gasteiger partial charge in [-0.1, -0.05) is 56.2 Å². The van der Waals surface area contributed by atoms with Gasteiger partial charge in [0.1, 0.15) is 11.9 Å². The summed E-state index contributed by atoms with van der Waals surface area (Å²) in [7, 11) is -3.62. The van der Waals surface area contributed by atoms with Crippen molar-refractivity contribution in [3.63, 3.8) is 0 Å². The first-order valence-electron chi connectivity index (χ1n) is 10.1. The monoisotopic (exact) mass is 411 g/mol. The second kappa shape index (κ2) is 7.99. The average molecular weight is 412 g/mol. The molecule has 152 valence electrons. The molecule has 2 aromatic rings. The largest absolute Gasteiger partial charge is 0.347 e. The smallest absolute Gasteiger partial charge is 0.263 e. The van der Waals surface area contributed by atoms with E-state index in [1.165, 1.54) is 5.56 Å². The standard InChI is InChI=1S/C22H25N3O3S/c1-2-3-11-19(22(26)24-18-14-13-15-8-4-5-9-16(15)18)23-21-17-10-6-7-12-20(17)29(27,28)25-21/h4-10,12,18-19H,2-3,11,13-14H2,1H3,(H,23,25)(H,24,26). The number of aliphatic imine (C=N–C) groups is 1. The highest BCUT2D eigenvalue weighted by Gasteiger charge is 2.32. The van der Waals surface area contributed by atoms with Gasteiger partial charge in [-0.3, -0.25) is 14.5 Å². The SMILES string of the molecule is CCCCC(N=C1NS(=O)(=O)c2ccccc21)C(=O)NC1CCc2ccccc21. The number of nitrogens with zero attached hydrogens (tertiary/aromatic N) is 1. The maximum absolute atomic E-state index is 13.1. The molecule has 7 heteroatoms. The number of hydrogen-bond donors (Lipinski definition) is 2. The number of fused-ring (bicyclic) bond motifs is 2. The van der Waals surface area contributed by atoms with Gasteiger partial charge >= 0.3 is 0 Å². The summed E-state index contributed by atoms with van der Waals surface area (Å²) in [6.45, 7) is 2.06. The van der Waals surface area contributed by atoms with Crippen LogP contribution < -0.4 is 10.0 Å². The molecule has 0 saturated carbocycles. The van der Waals surface area contributed by atoms with Crippen LogP contribution in [0.25, 0.3) is 0 Å². The third-order valence-corrected chi connectivity index (χ3v) is 6.93. The number of aryl methyl sites for hydroxylation is 1. The fourth-order valence-corrected chi connectivity index (χ4v) is 5.25. The van der Waals surface area contributed by atoms with Crippen LogP contribution in [0.2, 0.25) is 0 Å². The van der Waals surface area contributed by atoms with Crippen molar-refractivity contribution in [2.24, 2.45) is 4.99 Å². The topological polar surface area (TPSA) is 87.6 Å². The molecule has 0 spiro atoms. The first-order valence-corrected chi connectivity index (χ1v) is 11.6. The Bertz CT molecular complexity index is 1060. The third-order valence-electron chi connectivity index (χ3n) is 5.53. The Kier molecular flexibility index (Phi) is 5.41. The molecule has 4 rings (SSSR count). The van der Waals surface area contributed by atoms with E-state index >= 15 is 0 Å². The molecular formula is C22H25N3O3S. The van der Waals surface area contributed by atoms with Crippen molar-refractivity contribution >= 4 is 21.8 Å². The van der Waals surface area contributed by atoms with Crippen molar-refractivity contribution in [2.75, 3.05) is 0 Å². The minimum Gasteiger partial charge on any atom is -0.347 e. The molecule has 1 heterocycles. The highest BCUT2D eigenvalue weighted by atomic mass is 32.2. The Morgan fingerprint density at radius 1 is 1.21 bits per heavy atom. The second-order valence-electron chi connectivity index (χ2n) is 7.54. The van der Waals surface area contributed by atoms with Crippen molar-refractivity contribution in [3.05, 3.63) is 65.2 Å². The molecule has 2 atom stereocenters. The van der Waals surface area contributed by atoms with Crippen LogP contribution >= 0.6 is 0 Å². The summed E-state index contributed by atoms with van der Waals surface area (Å²) in [5.41, 5.74) is 2.95. The van der Waals surface area contributed by atoms with Gasteiger partial charge < -0.3 is 5.32 Å². The molecule has 0 saturated heterocycles. The summed E-state index contributed by atoms with van der Waals surface area (Å²) in [6, 6.07) is 14.2. The van der Waals surface area contributed by atoms with Crippen molar-refractivity contribution in [2.45, 2.75) is 56.0 Å². The number of unbranched alkanes of at least 4 members (excludes halogenated alkanes) is 1. The second-order valence-corrected chi connectivity index (χ2v) is 9.19. The van der Waals surface area contributed by atoms with Crippen LogP contribution in [0.1, 0.15) is 55.3 Å². The summed E-state index contributed by atoms with van der Waals surface area (Å²) in [6.07, 6.45) is 4.16. The quantitative estimate of drug-likeness (QED) is 0.766. The maximum atomic E-state index is 13.1. The minimum atomic E-state index is -3.62. The Labute approximate surface area is 171 Å². The number of amidine groups is 1. The predicted molar refractivity (Wildman–Crippen MR) is 112 cm³/mol. The fourth-order valence-electron chi connectivity index (χ4n) is 4.01. The number of rotatable bonds is 6. The predicted octanol–water partition coefficient (Wildman–Crippen LogP) is 3.09. The summed E-state index contributed by atoms with van der Waals surface area (Å²) < 4.78 is 27.2. The maximum Gasteiger partial charge on any atom is 0.263 e. The van der Waals surface area contributed by atoms with Gasteiger partial charge in [0.25, 0.3) is 10.0 Å². The summed E-state index contributed by atoms with van der Waals surface area (Å²) in [5, 5.41) is 3.14. The molecule has 0 aromatic heterocycles. The van der Waals surface area contributed by atoms with Gasteiger partial charge in [0.05, 0.1) is 10.9 Å². The van der Waals surface area contributed by atoms with Crippen molar-refractivity contribution in [1.82, 2.24) is 10.0 Å². The van der Waals surface area contributed by atoms with Crippen LogP contribution in [0, 0.1) is 0 Å². The van der Waals surface area contributed by atoms with E-state index in [2.05, 4.69) is 34.1 Å². The van der Waals surface area contributed by atoms with E-state index < -0.39 is 16.1 Å². The summed E-state index contributed by atoms with van der Waals surface area (Å²) >= 11 is 0. The Hall–Kier alpha value is -2.67. The number of carbonyl (C=O) groups is 1. The first-order chi connectivity index (χ1) is 14.0. The lowest BCUT2D eigenvalue weighted by Gasteiger charge is -2.19. The Morgan fingerprint density at radius 2 is 1.97 bits per heavy atom. The normalized spacial score (nSPS) is 21.3. The van der Waals surface area contributed by atoms with E-state index in [9.17, 15) is 13.2 Å². The zero-order valence-electron chi connectivity index (χ0n) is 16.4. The minimum absolute atomic E-state index is 0.0180. The van der Waals surface area contributed by atoms with E-state index in [0.717, 1.165) is 31.2 Å². The van der Waals surface area contributed by atoms with Gasteiger partial charge in [0.2, 0.25) is 5.91 Å². The molecule has 1 aliphatic heterocycles. The van der Waals surface area contributed by atoms with Crippen LogP contribution in [0.3, 0.4) is 0 Å². The number of hydrogen-bond acceptors (Lipinski definition) is 4. The number of amides is 1. The van der Waals surface area contributed by atoms with Crippen LogP contribution in [0.4, 0.5) is 0 Å². The number of benzene rings is 2. The fraction of sp³-hybridized carbons (Fsp3) is 0.364. The average Bonchev–Trinajstić information content (AvgIpc) is 3.24. The van der Waals surface area contributed by atoms with Crippen LogP contribution in [0.5, 0.6) is 0 Å². The molecule has 2 unspecified atom stereocenters. The number of carbonyl (C=O) groups excluding carboxylic acids is 1. The van der Waals surface area contributed by atoms with E-state index in [1.54, 1.807) is 24.3 Å². The Morgan fingerprint density at radius 3 is 2.79 bits per heavy atom. The lowest BCUT2D eigenvalue weighted by molar-refractivity contribution is -0.123. The molecule has 2 aromatic carbocycles. The molecule has 2 aliphatic rings. The van der Waals surface area contributed by atoms with Gasteiger partial charge in [-0.15, -0.1) is 0 Å². The van der Waals surface area contributed by atoms with Crippen molar-refractivity contribution in [3.8, 4) is 0 Å². The van der Waals surface area contributed by atoms with E-state index in [-0.39, 0.29) is 22.7 Å². The first kappa shape index (κ1) is 19.6. The molecule has 0 fully saturated rings. The van der Waals surface area contributed by atoms with Crippen molar-refractivity contribution < 1.29 is 13.2 Å². The molecule has 1 aliphatic carbocycles. The van der Waals surface area contributed by atoms with E-state index in [0.29, 0.717) is 12.0 Å². The zero-order valence-corrected chi connectivity index (χ0v) is 17.2.